The first-order valence-corrected chi connectivity index (χ1v) is 11.1. The molecular formula is C22H28F6N2O5. The first-order valence-electron chi connectivity index (χ1n) is 11.1. The lowest BCUT2D eigenvalue weighted by molar-refractivity contribution is -0.154. The van der Waals surface area contributed by atoms with Crippen LogP contribution in [0.2, 0.25) is 0 Å². The van der Waals surface area contributed by atoms with Gasteiger partial charge in [0.05, 0.1) is 18.6 Å². The van der Waals surface area contributed by atoms with Crippen LogP contribution in [0.5, 0.6) is 11.5 Å². The molecule has 1 aliphatic heterocycles. The van der Waals surface area contributed by atoms with Crippen molar-refractivity contribution in [2.45, 2.75) is 51.0 Å². The minimum Gasteiger partial charge on any atom is -0.484 e. The molecule has 0 saturated carbocycles. The lowest BCUT2D eigenvalue weighted by Crippen LogP contribution is -2.47. The number of nitrogens with zero attached hydrogens (tertiary/aromatic N) is 1. The Morgan fingerprint density at radius 1 is 1.06 bits per heavy atom. The molecule has 1 unspecified atom stereocenters. The number of alkyl halides is 6. The number of hydrogen-bond donors (Lipinski definition) is 1. The Morgan fingerprint density at radius 3 is 2.40 bits per heavy atom. The van der Waals surface area contributed by atoms with Crippen LogP contribution >= 0.6 is 0 Å². The Kier molecular flexibility index (Phi) is 10.5. The maximum absolute atomic E-state index is 12.8. The van der Waals surface area contributed by atoms with E-state index >= 15 is 0 Å². The number of nitrogens with one attached hydrogen (secondary N) is 1. The van der Waals surface area contributed by atoms with Crippen LogP contribution in [0.4, 0.5) is 26.3 Å². The summed E-state index contributed by atoms with van der Waals surface area (Å²) in [6.45, 7) is -0.112. The minimum atomic E-state index is -4.68. The van der Waals surface area contributed by atoms with Gasteiger partial charge in [-0.1, -0.05) is 6.42 Å². The zero-order valence-corrected chi connectivity index (χ0v) is 19.1. The van der Waals surface area contributed by atoms with Gasteiger partial charge in [-0.2, -0.15) is 26.3 Å². The Hall–Kier alpha value is -2.70. The van der Waals surface area contributed by atoms with Crippen LogP contribution in [0, 0.1) is 0 Å². The Bertz CT molecular complexity index is 847. The van der Waals surface area contributed by atoms with Crippen LogP contribution < -0.4 is 14.8 Å². The van der Waals surface area contributed by atoms with Crippen LogP contribution in [0.25, 0.3) is 0 Å². The van der Waals surface area contributed by atoms with Gasteiger partial charge < -0.3 is 19.5 Å². The van der Waals surface area contributed by atoms with E-state index in [1.54, 1.807) is 6.92 Å². The van der Waals surface area contributed by atoms with Gasteiger partial charge in [0, 0.05) is 19.1 Å². The van der Waals surface area contributed by atoms with Crippen molar-refractivity contribution < 1.29 is 50.1 Å². The summed E-state index contributed by atoms with van der Waals surface area (Å²) in [6, 6.07) is 2.73. The number of likely N-dealkylation sites (tertiary alicyclic amines) is 1. The number of halogens is 6. The normalized spacial score (nSPS) is 17.1. The van der Waals surface area contributed by atoms with Gasteiger partial charge in [-0.05, 0) is 44.5 Å². The van der Waals surface area contributed by atoms with E-state index < -0.39 is 37.2 Å². The summed E-state index contributed by atoms with van der Waals surface area (Å²) in [4.78, 5) is 26.5. The highest BCUT2D eigenvalue weighted by molar-refractivity contribution is 5.97. The quantitative estimate of drug-likeness (QED) is 0.354. The topological polar surface area (TPSA) is 77.1 Å². The van der Waals surface area contributed by atoms with Crippen molar-refractivity contribution in [1.29, 1.82) is 0 Å². The molecule has 1 heterocycles. The van der Waals surface area contributed by atoms with Gasteiger partial charge in [0.2, 0.25) is 0 Å². The molecule has 0 bridgehead atoms. The van der Waals surface area contributed by atoms with E-state index in [4.69, 9.17) is 9.47 Å². The van der Waals surface area contributed by atoms with E-state index in [-0.39, 0.29) is 42.9 Å². The highest BCUT2D eigenvalue weighted by Gasteiger charge is 2.31. The average Bonchev–Trinajstić information content (AvgIpc) is 2.78. The SMILES string of the molecule is CCOC(=O)CCN1CCCCC1CNC(=O)c1cc(OCC(F)(F)F)ccc1OCC(F)(F)F. The number of carbonyl (C=O) groups excluding carboxylic acids is 2. The van der Waals surface area contributed by atoms with E-state index in [0.29, 0.717) is 13.1 Å². The smallest absolute Gasteiger partial charge is 0.422 e. The average molecular weight is 514 g/mol. The molecule has 0 radical (unpaired) electrons. The molecule has 0 aliphatic carbocycles. The molecule has 1 aliphatic rings. The monoisotopic (exact) mass is 514 g/mol. The van der Waals surface area contributed by atoms with Crippen LogP contribution in [-0.2, 0) is 9.53 Å². The summed E-state index contributed by atoms with van der Waals surface area (Å²) in [5.41, 5.74) is -0.386. The third kappa shape index (κ3) is 10.6. The Balaban J connectivity index is 2.09. The number of carbonyl (C=O) groups is 2. The van der Waals surface area contributed by atoms with Crippen molar-refractivity contribution in [1.82, 2.24) is 10.2 Å². The number of piperidine rings is 1. The number of esters is 1. The van der Waals surface area contributed by atoms with E-state index in [2.05, 4.69) is 10.1 Å². The lowest BCUT2D eigenvalue weighted by Gasteiger charge is -2.35. The molecule has 2 rings (SSSR count). The molecule has 1 aromatic rings. The maximum Gasteiger partial charge on any atom is 0.422 e. The van der Waals surface area contributed by atoms with Gasteiger partial charge in [0.1, 0.15) is 11.5 Å². The fraction of sp³-hybridized carbons (Fsp3) is 0.636. The predicted octanol–water partition coefficient (Wildman–Crippen LogP) is 4.11. The number of benzene rings is 1. The molecule has 0 spiro atoms. The van der Waals surface area contributed by atoms with Crippen molar-refractivity contribution in [2.24, 2.45) is 0 Å². The fourth-order valence-electron chi connectivity index (χ4n) is 3.59. The van der Waals surface area contributed by atoms with Gasteiger partial charge in [-0.3, -0.25) is 14.5 Å². The van der Waals surface area contributed by atoms with Crippen molar-refractivity contribution in [3.63, 3.8) is 0 Å². The van der Waals surface area contributed by atoms with Crippen molar-refractivity contribution >= 4 is 11.9 Å². The second-order valence-electron chi connectivity index (χ2n) is 7.92. The molecule has 1 atom stereocenters. The molecule has 1 amide bonds. The molecule has 13 heteroatoms. The minimum absolute atomic E-state index is 0.119. The molecule has 1 N–H and O–H groups in total. The summed E-state index contributed by atoms with van der Waals surface area (Å²) in [5.74, 6) is -1.96. The Morgan fingerprint density at radius 2 is 1.74 bits per heavy atom. The van der Waals surface area contributed by atoms with Gasteiger partial charge >= 0.3 is 18.3 Å². The first-order chi connectivity index (χ1) is 16.4. The molecule has 1 aromatic carbocycles. The highest BCUT2D eigenvalue weighted by atomic mass is 19.4. The largest absolute Gasteiger partial charge is 0.484 e. The van der Waals surface area contributed by atoms with E-state index in [9.17, 15) is 35.9 Å². The van der Waals surface area contributed by atoms with Gasteiger partial charge in [0.15, 0.2) is 13.2 Å². The highest BCUT2D eigenvalue weighted by Crippen LogP contribution is 2.28. The van der Waals surface area contributed by atoms with Crippen LogP contribution in [-0.4, -0.2) is 74.6 Å². The van der Waals surface area contributed by atoms with Crippen molar-refractivity contribution in [3.05, 3.63) is 23.8 Å². The van der Waals surface area contributed by atoms with Crippen LogP contribution in [0.1, 0.15) is 43.0 Å². The third-order valence-corrected chi connectivity index (χ3v) is 5.15. The number of hydrogen-bond acceptors (Lipinski definition) is 6. The second kappa shape index (κ2) is 12.8. The third-order valence-electron chi connectivity index (χ3n) is 5.15. The lowest BCUT2D eigenvalue weighted by atomic mass is 10.0. The molecule has 7 nitrogen and oxygen atoms in total. The molecule has 1 fully saturated rings. The van der Waals surface area contributed by atoms with Gasteiger partial charge in [-0.25, -0.2) is 0 Å². The fourth-order valence-corrected chi connectivity index (χ4v) is 3.59. The second-order valence-corrected chi connectivity index (χ2v) is 7.92. The van der Waals surface area contributed by atoms with Gasteiger partial charge in [0.25, 0.3) is 5.91 Å². The number of ether oxygens (including phenoxy) is 3. The predicted molar refractivity (Wildman–Crippen MR) is 112 cm³/mol. The maximum atomic E-state index is 12.8. The van der Waals surface area contributed by atoms with E-state index in [1.807, 2.05) is 4.90 Å². The first kappa shape index (κ1) is 28.5. The zero-order chi connectivity index (χ0) is 26.1. The van der Waals surface area contributed by atoms with E-state index in [0.717, 1.165) is 37.5 Å². The van der Waals surface area contributed by atoms with Crippen molar-refractivity contribution in [2.75, 3.05) is 39.5 Å². The number of amides is 1. The summed E-state index contributed by atoms with van der Waals surface area (Å²) in [6.07, 6.45) is -6.64. The summed E-state index contributed by atoms with van der Waals surface area (Å²) in [7, 11) is 0. The Labute approximate surface area is 198 Å². The molecule has 1 saturated heterocycles. The van der Waals surface area contributed by atoms with E-state index in [1.165, 1.54) is 0 Å². The summed E-state index contributed by atoms with van der Waals surface area (Å²) < 4.78 is 89.4. The van der Waals surface area contributed by atoms with Crippen LogP contribution in [0.3, 0.4) is 0 Å². The van der Waals surface area contributed by atoms with Crippen molar-refractivity contribution in [3.8, 4) is 11.5 Å². The molecular weight excluding hydrogens is 486 g/mol. The van der Waals surface area contributed by atoms with Gasteiger partial charge in [-0.15, -0.1) is 0 Å². The molecule has 35 heavy (non-hydrogen) atoms. The summed E-state index contributed by atoms with van der Waals surface area (Å²) >= 11 is 0. The number of rotatable bonds is 11. The zero-order valence-electron chi connectivity index (χ0n) is 19.1. The molecule has 0 aromatic heterocycles. The van der Waals surface area contributed by atoms with Crippen LogP contribution in [0.15, 0.2) is 18.2 Å². The molecule has 198 valence electrons. The summed E-state index contributed by atoms with van der Waals surface area (Å²) in [5, 5.41) is 2.61. The standard InChI is InChI=1S/C22H28F6N2O5/c1-2-33-19(31)8-10-30-9-4-3-5-15(30)12-29-20(32)17-11-16(34-13-21(23,24)25)6-7-18(17)35-14-22(26,27)28/h6-7,11,15H,2-5,8-10,12-14H2,1H3,(H,29,32).